The topological polar surface area (TPSA) is 52.3 Å². The number of ether oxygens (including phenoxy) is 1. The minimum Gasteiger partial charge on any atom is -0.459 e. The van der Waals surface area contributed by atoms with Crippen molar-refractivity contribution in [3.8, 4) is 0 Å². The summed E-state index contributed by atoms with van der Waals surface area (Å²) in [7, 11) is 0. The Kier molecular flexibility index (Phi) is 3.79. The maximum atomic E-state index is 11.9. The number of hydrogen-bond donors (Lipinski definition) is 1. The third-order valence-electron chi connectivity index (χ3n) is 2.85. The Morgan fingerprint density at radius 3 is 2.59 bits per heavy atom. The molecule has 5 heteroatoms. The van der Waals surface area contributed by atoms with Crippen molar-refractivity contribution >= 4 is 34.9 Å². The summed E-state index contributed by atoms with van der Waals surface area (Å²) in [5.41, 5.74) is 6.26. The smallest absolute Gasteiger partial charge is 0.340 e. The Hall–Kier alpha value is -0.930. The number of nitrogens with two attached hydrogens (primary N) is 1. The minimum atomic E-state index is -0.448. The molecule has 2 rings (SSSR count). The van der Waals surface area contributed by atoms with Crippen LogP contribution in [0.1, 0.15) is 36.0 Å². The Morgan fingerprint density at radius 1 is 1.29 bits per heavy atom. The molecule has 0 bridgehead atoms. The van der Waals surface area contributed by atoms with Crippen molar-refractivity contribution in [3.05, 3.63) is 27.7 Å². The lowest BCUT2D eigenvalue weighted by molar-refractivity contribution is 0.0318. The molecule has 1 aliphatic carbocycles. The molecule has 0 atom stereocenters. The van der Waals surface area contributed by atoms with E-state index in [0.717, 1.165) is 25.7 Å². The first-order chi connectivity index (χ1) is 8.08. The summed E-state index contributed by atoms with van der Waals surface area (Å²) in [5, 5.41) is 0.467. The summed E-state index contributed by atoms with van der Waals surface area (Å²) in [6.07, 6.45) is 4.03. The number of nitrogen functional groups attached to an aromatic ring is 1. The van der Waals surface area contributed by atoms with Gasteiger partial charge >= 0.3 is 5.97 Å². The number of esters is 1. The van der Waals surface area contributed by atoms with E-state index in [1.54, 1.807) is 0 Å². The molecule has 0 spiro atoms. The Balaban J connectivity index is 2.18. The first-order valence-electron chi connectivity index (χ1n) is 5.53. The molecule has 0 aliphatic heterocycles. The van der Waals surface area contributed by atoms with Crippen molar-refractivity contribution in [1.29, 1.82) is 0 Å². The van der Waals surface area contributed by atoms with Gasteiger partial charge in [-0.05, 0) is 37.8 Å². The number of carbonyl (C=O) groups is 1. The largest absolute Gasteiger partial charge is 0.459 e. The number of benzene rings is 1. The van der Waals surface area contributed by atoms with Crippen molar-refractivity contribution in [2.24, 2.45) is 0 Å². The minimum absolute atomic E-state index is 0.00114. The van der Waals surface area contributed by atoms with Crippen LogP contribution >= 0.6 is 23.2 Å². The van der Waals surface area contributed by atoms with E-state index >= 15 is 0 Å². The van der Waals surface area contributed by atoms with Crippen molar-refractivity contribution in [1.82, 2.24) is 0 Å². The molecular weight excluding hydrogens is 261 g/mol. The zero-order valence-electron chi connectivity index (χ0n) is 9.21. The highest BCUT2D eigenvalue weighted by molar-refractivity contribution is 6.44. The highest BCUT2D eigenvalue weighted by Gasteiger charge is 2.22. The highest BCUT2D eigenvalue weighted by atomic mass is 35.5. The fraction of sp³-hybridized carbons (Fsp3) is 0.417. The van der Waals surface area contributed by atoms with Crippen LogP contribution in [0.5, 0.6) is 0 Å². The van der Waals surface area contributed by atoms with Crippen LogP contribution in [0.4, 0.5) is 5.69 Å². The van der Waals surface area contributed by atoms with Crippen LogP contribution in [0.2, 0.25) is 10.0 Å². The second-order valence-corrected chi connectivity index (χ2v) is 4.96. The van der Waals surface area contributed by atoms with Gasteiger partial charge in [0, 0.05) is 5.69 Å². The predicted octanol–water partition coefficient (Wildman–Crippen LogP) is 3.68. The molecule has 0 amide bonds. The van der Waals surface area contributed by atoms with E-state index in [1.807, 2.05) is 0 Å². The average Bonchev–Trinajstić information content (AvgIpc) is 2.76. The fourth-order valence-electron chi connectivity index (χ4n) is 1.98. The van der Waals surface area contributed by atoms with E-state index in [-0.39, 0.29) is 21.7 Å². The second-order valence-electron chi connectivity index (χ2n) is 4.18. The number of anilines is 1. The monoisotopic (exact) mass is 273 g/mol. The third kappa shape index (κ3) is 2.85. The molecule has 1 aromatic rings. The highest BCUT2D eigenvalue weighted by Crippen LogP contribution is 2.30. The Morgan fingerprint density at radius 2 is 1.94 bits per heavy atom. The maximum absolute atomic E-state index is 11.9. The Labute approximate surface area is 110 Å². The molecule has 17 heavy (non-hydrogen) atoms. The Bertz CT molecular complexity index is 442. The van der Waals surface area contributed by atoms with Gasteiger partial charge < -0.3 is 10.5 Å². The summed E-state index contributed by atoms with van der Waals surface area (Å²) in [4.78, 5) is 11.9. The van der Waals surface area contributed by atoms with E-state index in [2.05, 4.69) is 0 Å². The molecule has 2 N–H and O–H groups in total. The lowest BCUT2D eigenvalue weighted by atomic mass is 10.2. The van der Waals surface area contributed by atoms with Crippen LogP contribution in [0.15, 0.2) is 12.1 Å². The van der Waals surface area contributed by atoms with Crippen LogP contribution in [0, 0.1) is 0 Å². The van der Waals surface area contributed by atoms with Crippen LogP contribution in [-0.4, -0.2) is 12.1 Å². The quantitative estimate of drug-likeness (QED) is 0.661. The van der Waals surface area contributed by atoms with Crippen LogP contribution in [0.25, 0.3) is 0 Å². The fourth-order valence-corrected chi connectivity index (χ4v) is 2.39. The van der Waals surface area contributed by atoms with Crippen molar-refractivity contribution in [2.45, 2.75) is 31.8 Å². The number of rotatable bonds is 2. The molecule has 0 saturated heterocycles. The normalized spacial score (nSPS) is 16.1. The molecule has 1 fully saturated rings. The van der Waals surface area contributed by atoms with Crippen LogP contribution < -0.4 is 5.73 Å². The molecule has 1 aliphatic rings. The van der Waals surface area contributed by atoms with Gasteiger partial charge in [0.25, 0.3) is 0 Å². The molecule has 0 aromatic heterocycles. The van der Waals surface area contributed by atoms with Gasteiger partial charge in [-0.2, -0.15) is 0 Å². The average molecular weight is 274 g/mol. The van der Waals surface area contributed by atoms with Crippen LogP contribution in [0.3, 0.4) is 0 Å². The SMILES string of the molecule is Nc1cc(Cl)c(Cl)c(C(=O)OC2CCCC2)c1. The van der Waals surface area contributed by atoms with E-state index in [1.165, 1.54) is 12.1 Å². The first-order valence-corrected chi connectivity index (χ1v) is 6.29. The lowest BCUT2D eigenvalue weighted by Crippen LogP contribution is -2.15. The molecule has 0 unspecified atom stereocenters. The van der Waals surface area contributed by atoms with Crippen molar-refractivity contribution in [2.75, 3.05) is 5.73 Å². The molecule has 92 valence electrons. The predicted molar refractivity (Wildman–Crippen MR) is 68.5 cm³/mol. The molecule has 0 heterocycles. The second kappa shape index (κ2) is 5.15. The molecule has 1 aromatic carbocycles. The molecule has 3 nitrogen and oxygen atoms in total. The van der Waals surface area contributed by atoms with Gasteiger partial charge in [0.15, 0.2) is 0 Å². The van der Waals surface area contributed by atoms with Gasteiger partial charge in [0.05, 0.1) is 15.6 Å². The van der Waals surface area contributed by atoms with Gasteiger partial charge in [0.2, 0.25) is 0 Å². The summed E-state index contributed by atoms with van der Waals surface area (Å²) in [6, 6.07) is 3.00. The lowest BCUT2D eigenvalue weighted by Gasteiger charge is -2.13. The molecule has 0 radical (unpaired) electrons. The number of halogens is 2. The summed E-state index contributed by atoms with van der Waals surface area (Å²) in [5.74, 6) is -0.448. The molecular formula is C12H13Cl2NO2. The van der Waals surface area contributed by atoms with Crippen LogP contribution in [-0.2, 0) is 4.74 Å². The van der Waals surface area contributed by atoms with Gasteiger partial charge in [-0.1, -0.05) is 23.2 Å². The zero-order valence-corrected chi connectivity index (χ0v) is 10.7. The summed E-state index contributed by atoms with van der Waals surface area (Å²) < 4.78 is 5.35. The van der Waals surface area contributed by atoms with Gasteiger partial charge in [-0.3, -0.25) is 0 Å². The number of carbonyl (C=O) groups excluding carboxylic acids is 1. The van der Waals surface area contributed by atoms with E-state index in [9.17, 15) is 4.79 Å². The van der Waals surface area contributed by atoms with Crippen molar-refractivity contribution < 1.29 is 9.53 Å². The van der Waals surface area contributed by atoms with Crippen molar-refractivity contribution in [3.63, 3.8) is 0 Å². The zero-order chi connectivity index (χ0) is 12.4. The molecule has 1 saturated carbocycles. The third-order valence-corrected chi connectivity index (χ3v) is 3.65. The van der Waals surface area contributed by atoms with E-state index in [4.69, 9.17) is 33.7 Å². The van der Waals surface area contributed by atoms with Gasteiger partial charge in [0.1, 0.15) is 6.10 Å². The van der Waals surface area contributed by atoms with Gasteiger partial charge in [-0.25, -0.2) is 4.79 Å². The number of hydrogen-bond acceptors (Lipinski definition) is 3. The first kappa shape index (κ1) is 12.5. The van der Waals surface area contributed by atoms with E-state index in [0.29, 0.717) is 5.69 Å². The van der Waals surface area contributed by atoms with E-state index < -0.39 is 5.97 Å². The van der Waals surface area contributed by atoms with Gasteiger partial charge in [-0.15, -0.1) is 0 Å². The summed E-state index contributed by atoms with van der Waals surface area (Å²) in [6.45, 7) is 0. The standard InChI is InChI=1S/C12H13Cl2NO2/c13-10-6-7(15)5-9(11(10)14)12(16)17-8-3-1-2-4-8/h5-6,8H,1-4,15H2. The maximum Gasteiger partial charge on any atom is 0.340 e. The summed E-state index contributed by atoms with van der Waals surface area (Å²) >= 11 is 11.8.